The molecule has 0 saturated heterocycles. The highest BCUT2D eigenvalue weighted by Gasteiger charge is 2.36. The minimum atomic E-state index is -4.56. The van der Waals surface area contributed by atoms with Gasteiger partial charge in [-0.1, -0.05) is 12.1 Å². The maximum absolute atomic E-state index is 12.7. The second-order valence-corrected chi connectivity index (χ2v) is 3.95. The molecule has 2 nitrogen and oxygen atoms in total. The van der Waals surface area contributed by atoms with E-state index in [2.05, 4.69) is 0 Å². The molecule has 0 amide bonds. The molecule has 0 aliphatic rings. The summed E-state index contributed by atoms with van der Waals surface area (Å²) in [7, 11) is 0. The monoisotopic (exact) mass is 246 g/mol. The van der Waals surface area contributed by atoms with Crippen LogP contribution in [0.3, 0.4) is 0 Å². The lowest BCUT2D eigenvalue weighted by Crippen LogP contribution is -2.19. The molecule has 0 aliphatic heterocycles. The van der Waals surface area contributed by atoms with E-state index in [-0.39, 0.29) is 5.56 Å². The van der Waals surface area contributed by atoms with Crippen molar-refractivity contribution < 1.29 is 22.7 Å². The molecule has 0 aromatic heterocycles. The first-order chi connectivity index (χ1) is 7.73. The normalized spacial score (nSPS) is 11.7. The van der Waals surface area contributed by atoms with Crippen LogP contribution in [0.25, 0.3) is 0 Å². The number of halogens is 3. The lowest BCUT2D eigenvalue weighted by Gasteiger charge is -2.15. The van der Waals surface area contributed by atoms with Crippen molar-refractivity contribution in [3.8, 4) is 0 Å². The lowest BCUT2D eigenvalue weighted by molar-refractivity contribution is -0.138. The molecule has 5 heteroatoms. The van der Waals surface area contributed by atoms with Gasteiger partial charge >= 0.3 is 12.1 Å². The molecule has 0 saturated carbocycles. The van der Waals surface area contributed by atoms with Crippen molar-refractivity contribution in [1.82, 2.24) is 0 Å². The molecule has 17 heavy (non-hydrogen) atoms. The fourth-order valence-corrected chi connectivity index (χ4v) is 1.45. The number of ether oxygens (including phenoxy) is 1. The number of hydrogen-bond acceptors (Lipinski definition) is 2. The van der Waals surface area contributed by atoms with E-state index in [9.17, 15) is 18.0 Å². The molecule has 0 aliphatic carbocycles. The Hall–Kier alpha value is -1.52. The van der Waals surface area contributed by atoms with Crippen LogP contribution in [0.5, 0.6) is 0 Å². The van der Waals surface area contributed by atoms with E-state index in [0.717, 1.165) is 6.07 Å². The predicted octanol–water partition coefficient (Wildman–Crippen LogP) is 3.58. The number of alkyl halides is 3. The summed E-state index contributed by atoms with van der Waals surface area (Å²) in [5.41, 5.74) is -1.11. The largest absolute Gasteiger partial charge is 0.459 e. The summed E-state index contributed by atoms with van der Waals surface area (Å²) in [6, 6.07) is 3.60. The van der Waals surface area contributed by atoms with Crippen LogP contribution in [0.4, 0.5) is 13.2 Å². The molecule has 0 bridgehead atoms. The predicted molar refractivity (Wildman–Crippen MR) is 56.7 cm³/mol. The van der Waals surface area contributed by atoms with E-state index < -0.39 is 29.4 Å². The Morgan fingerprint density at radius 1 is 1.29 bits per heavy atom. The summed E-state index contributed by atoms with van der Waals surface area (Å²) in [6.07, 6.45) is -5.01. The quantitative estimate of drug-likeness (QED) is 0.745. The summed E-state index contributed by atoms with van der Waals surface area (Å²) in [6.45, 7) is 4.62. The summed E-state index contributed by atoms with van der Waals surface area (Å²) < 4.78 is 43.0. The van der Waals surface area contributed by atoms with Gasteiger partial charge < -0.3 is 4.74 Å². The first kappa shape index (κ1) is 13.5. The standard InChI is InChI=1S/C12H13F3O2/c1-7(2)17-11(16)10-8(3)5-4-6-9(10)12(13,14)15/h4-7H,1-3H3. The average Bonchev–Trinajstić information content (AvgIpc) is 2.14. The van der Waals surface area contributed by atoms with Crippen LogP contribution in [-0.2, 0) is 10.9 Å². The van der Waals surface area contributed by atoms with Crippen molar-refractivity contribution in [2.75, 3.05) is 0 Å². The first-order valence-electron chi connectivity index (χ1n) is 5.11. The van der Waals surface area contributed by atoms with Gasteiger partial charge in [-0.25, -0.2) is 4.79 Å². The van der Waals surface area contributed by atoms with Crippen LogP contribution in [0, 0.1) is 6.92 Å². The van der Waals surface area contributed by atoms with Gasteiger partial charge in [0.05, 0.1) is 17.2 Å². The molecule has 0 unspecified atom stereocenters. The van der Waals surface area contributed by atoms with Gasteiger partial charge in [-0.3, -0.25) is 0 Å². The van der Waals surface area contributed by atoms with Crippen molar-refractivity contribution in [3.05, 3.63) is 34.9 Å². The molecule has 94 valence electrons. The number of esters is 1. The molecule has 1 aromatic rings. The van der Waals surface area contributed by atoms with Crippen LogP contribution in [-0.4, -0.2) is 12.1 Å². The second kappa shape index (κ2) is 4.77. The SMILES string of the molecule is Cc1cccc(C(F)(F)F)c1C(=O)OC(C)C. The highest BCUT2D eigenvalue weighted by molar-refractivity contribution is 5.93. The maximum atomic E-state index is 12.7. The fourth-order valence-electron chi connectivity index (χ4n) is 1.45. The molecule has 0 N–H and O–H groups in total. The van der Waals surface area contributed by atoms with E-state index >= 15 is 0 Å². The van der Waals surface area contributed by atoms with Gasteiger partial charge in [-0.2, -0.15) is 13.2 Å². The van der Waals surface area contributed by atoms with Crippen molar-refractivity contribution in [1.29, 1.82) is 0 Å². The van der Waals surface area contributed by atoms with E-state index in [4.69, 9.17) is 4.74 Å². The van der Waals surface area contributed by atoms with Crippen molar-refractivity contribution in [2.45, 2.75) is 33.1 Å². The fraction of sp³-hybridized carbons (Fsp3) is 0.417. The molecular weight excluding hydrogens is 233 g/mol. The van der Waals surface area contributed by atoms with Gasteiger partial charge in [0, 0.05) is 0 Å². The minimum Gasteiger partial charge on any atom is -0.459 e. The van der Waals surface area contributed by atoms with Crippen LogP contribution in [0.15, 0.2) is 18.2 Å². The Morgan fingerprint density at radius 3 is 2.35 bits per heavy atom. The molecule has 1 aromatic carbocycles. The zero-order valence-electron chi connectivity index (χ0n) is 9.76. The number of benzene rings is 1. The van der Waals surface area contributed by atoms with Crippen molar-refractivity contribution in [3.63, 3.8) is 0 Å². The van der Waals surface area contributed by atoms with Gasteiger partial charge in [0.15, 0.2) is 0 Å². The number of aryl methyl sites for hydroxylation is 1. The molecule has 0 spiro atoms. The number of carbonyl (C=O) groups excluding carboxylic acids is 1. The van der Waals surface area contributed by atoms with Gasteiger partial charge in [0.1, 0.15) is 0 Å². The van der Waals surface area contributed by atoms with Gasteiger partial charge in [-0.05, 0) is 32.4 Å². The highest BCUT2D eigenvalue weighted by atomic mass is 19.4. The molecular formula is C12H13F3O2. The average molecular weight is 246 g/mol. The van der Waals surface area contributed by atoms with E-state index in [1.54, 1.807) is 13.8 Å². The topological polar surface area (TPSA) is 26.3 Å². The Bertz CT molecular complexity index is 422. The first-order valence-corrected chi connectivity index (χ1v) is 5.11. The lowest BCUT2D eigenvalue weighted by atomic mass is 10.0. The summed E-state index contributed by atoms with van der Waals surface area (Å²) >= 11 is 0. The van der Waals surface area contributed by atoms with Crippen molar-refractivity contribution in [2.24, 2.45) is 0 Å². The summed E-state index contributed by atoms with van der Waals surface area (Å²) in [4.78, 5) is 11.6. The smallest absolute Gasteiger partial charge is 0.417 e. The number of hydrogen-bond donors (Lipinski definition) is 0. The zero-order chi connectivity index (χ0) is 13.2. The van der Waals surface area contributed by atoms with Crippen LogP contribution >= 0.6 is 0 Å². The molecule has 0 fully saturated rings. The third kappa shape index (κ3) is 3.22. The van der Waals surface area contributed by atoms with Crippen LogP contribution in [0.2, 0.25) is 0 Å². The Labute approximate surface area is 97.4 Å². The number of rotatable bonds is 2. The van der Waals surface area contributed by atoms with E-state index in [0.29, 0.717) is 0 Å². The molecule has 0 atom stereocenters. The van der Waals surface area contributed by atoms with Crippen molar-refractivity contribution >= 4 is 5.97 Å². The zero-order valence-corrected chi connectivity index (χ0v) is 9.76. The third-order valence-corrected chi connectivity index (χ3v) is 2.13. The third-order valence-electron chi connectivity index (χ3n) is 2.13. The van der Waals surface area contributed by atoms with Crippen LogP contribution in [0.1, 0.15) is 35.3 Å². The number of carbonyl (C=O) groups is 1. The summed E-state index contributed by atoms with van der Waals surface area (Å²) in [5, 5.41) is 0. The minimum absolute atomic E-state index is 0.255. The Kier molecular flexibility index (Phi) is 3.80. The van der Waals surface area contributed by atoms with Gasteiger partial charge in [0.2, 0.25) is 0 Å². The molecule has 0 radical (unpaired) electrons. The summed E-state index contributed by atoms with van der Waals surface area (Å²) in [5.74, 6) is -0.939. The van der Waals surface area contributed by atoms with Gasteiger partial charge in [0.25, 0.3) is 0 Å². The van der Waals surface area contributed by atoms with E-state index in [1.165, 1.54) is 19.1 Å². The van der Waals surface area contributed by atoms with E-state index in [1.807, 2.05) is 0 Å². The Morgan fingerprint density at radius 2 is 1.88 bits per heavy atom. The second-order valence-electron chi connectivity index (χ2n) is 3.95. The molecule has 0 heterocycles. The Balaban J connectivity index is 3.26. The highest BCUT2D eigenvalue weighted by Crippen LogP contribution is 2.33. The van der Waals surface area contributed by atoms with Gasteiger partial charge in [-0.15, -0.1) is 0 Å². The molecule has 1 rings (SSSR count). The maximum Gasteiger partial charge on any atom is 0.417 e. The van der Waals surface area contributed by atoms with Crippen LogP contribution < -0.4 is 0 Å².